The third-order valence-corrected chi connectivity index (χ3v) is 5.22. The van der Waals surface area contributed by atoms with Crippen molar-refractivity contribution in [2.24, 2.45) is 0 Å². The van der Waals surface area contributed by atoms with Gasteiger partial charge in [0.25, 0.3) is 5.91 Å². The van der Waals surface area contributed by atoms with E-state index in [1.807, 2.05) is 19.1 Å². The van der Waals surface area contributed by atoms with E-state index in [0.717, 1.165) is 5.56 Å². The summed E-state index contributed by atoms with van der Waals surface area (Å²) in [7, 11) is 3.05. The van der Waals surface area contributed by atoms with Crippen molar-refractivity contribution in [1.82, 2.24) is 0 Å². The van der Waals surface area contributed by atoms with Gasteiger partial charge in [0, 0.05) is 11.3 Å². The lowest BCUT2D eigenvalue weighted by Gasteiger charge is -2.17. The largest absolute Gasteiger partial charge is 0.497 e. The summed E-state index contributed by atoms with van der Waals surface area (Å²) in [5, 5.41) is 2.67. The van der Waals surface area contributed by atoms with Crippen LogP contribution in [0.25, 0.3) is 0 Å². The Morgan fingerprint density at radius 3 is 1.94 bits per heavy atom. The number of hydrogen-bond donors (Lipinski definition) is 1. The second-order valence-electron chi connectivity index (χ2n) is 7.13. The van der Waals surface area contributed by atoms with E-state index in [-0.39, 0.29) is 0 Å². The minimum absolute atomic E-state index is 0.307. The van der Waals surface area contributed by atoms with Gasteiger partial charge in [-0.15, -0.1) is 0 Å². The fraction of sp³-hybridized carbons (Fsp3) is 0.192. The zero-order valence-corrected chi connectivity index (χ0v) is 18.3. The van der Waals surface area contributed by atoms with Crippen LogP contribution < -0.4 is 14.8 Å². The van der Waals surface area contributed by atoms with E-state index < -0.39 is 23.4 Å². The number of carbonyl (C=O) groups is 3. The Kier molecular flexibility index (Phi) is 7.39. The van der Waals surface area contributed by atoms with Crippen LogP contribution in [0.5, 0.6) is 11.5 Å². The molecule has 0 spiro atoms. The van der Waals surface area contributed by atoms with Gasteiger partial charge in [-0.3, -0.25) is 14.4 Å². The molecule has 3 aromatic rings. The third-order valence-electron chi connectivity index (χ3n) is 5.22. The molecule has 6 heteroatoms. The first kappa shape index (κ1) is 22.7. The smallest absolute Gasteiger partial charge is 0.292 e. The van der Waals surface area contributed by atoms with Gasteiger partial charge in [-0.25, -0.2) is 0 Å². The fourth-order valence-electron chi connectivity index (χ4n) is 3.41. The summed E-state index contributed by atoms with van der Waals surface area (Å²) in [6.45, 7) is 1.96. The van der Waals surface area contributed by atoms with Crippen LogP contribution in [0.2, 0.25) is 0 Å². The Labute approximate surface area is 187 Å². The topological polar surface area (TPSA) is 81.7 Å². The van der Waals surface area contributed by atoms with Gasteiger partial charge >= 0.3 is 0 Å². The first-order valence-electron chi connectivity index (χ1n) is 10.2. The lowest BCUT2D eigenvalue weighted by atomic mass is 9.86. The second-order valence-corrected chi connectivity index (χ2v) is 7.13. The number of nitrogens with one attached hydrogen (secondary N) is 1. The van der Waals surface area contributed by atoms with Gasteiger partial charge in [-0.2, -0.15) is 0 Å². The average Bonchev–Trinajstić information content (AvgIpc) is 2.84. The Morgan fingerprint density at radius 2 is 1.38 bits per heavy atom. The van der Waals surface area contributed by atoms with Gasteiger partial charge in [0.05, 0.1) is 14.2 Å². The first-order valence-corrected chi connectivity index (χ1v) is 10.2. The second kappa shape index (κ2) is 10.4. The Morgan fingerprint density at radius 1 is 0.812 bits per heavy atom. The fourth-order valence-corrected chi connectivity index (χ4v) is 3.41. The van der Waals surface area contributed by atoms with Crippen molar-refractivity contribution >= 4 is 23.2 Å². The summed E-state index contributed by atoms with van der Waals surface area (Å²) in [4.78, 5) is 39.5. The molecule has 0 heterocycles. The molecule has 1 N–H and O–H groups in total. The van der Waals surface area contributed by atoms with Crippen molar-refractivity contribution in [3.8, 4) is 11.5 Å². The van der Waals surface area contributed by atoms with Crippen molar-refractivity contribution < 1.29 is 23.9 Å². The Hall–Kier alpha value is -3.93. The summed E-state index contributed by atoms with van der Waals surface area (Å²) >= 11 is 0. The molecule has 0 aromatic heterocycles. The standard InChI is InChI=1S/C26H25NO5/c1-4-17-7-5-6-8-22(17)27-26(30)25(29)23(18-9-13-20(31-2)14-10-18)24(28)19-11-15-21(32-3)16-12-19/h5-16,23H,4H2,1-3H3,(H,27,30)/t23-/m1/s1. The summed E-state index contributed by atoms with van der Waals surface area (Å²) in [5.41, 5.74) is 2.17. The van der Waals surface area contributed by atoms with Crippen LogP contribution in [-0.2, 0) is 16.0 Å². The minimum atomic E-state index is -1.29. The summed E-state index contributed by atoms with van der Waals surface area (Å²) < 4.78 is 10.3. The molecule has 32 heavy (non-hydrogen) atoms. The molecule has 6 nitrogen and oxygen atoms in total. The molecule has 0 radical (unpaired) electrons. The number of Topliss-reactive ketones (excluding diaryl/α,β-unsaturated/α-hetero) is 2. The van der Waals surface area contributed by atoms with Gasteiger partial charge in [0.15, 0.2) is 5.78 Å². The minimum Gasteiger partial charge on any atom is -0.497 e. The molecule has 0 saturated carbocycles. The molecule has 0 aliphatic rings. The highest BCUT2D eigenvalue weighted by molar-refractivity contribution is 6.46. The molecule has 164 valence electrons. The van der Waals surface area contributed by atoms with Crippen LogP contribution in [0.3, 0.4) is 0 Å². The molecule has 3 rings (SSSR count). The van der Waals surface area contributed by atoms with Crippen LogP contribution in [-0.4, -0.2) is 31.7 Å². The van der Waals surface area contributed by atoms with E-state index in [1.165, 1.54) is 14.2 Å². The van der Waals surface area contributed by atoms with E-state index in [4.69, 9.17) is 9.47 Å². The quantitative estimate of drug-likeness (QED) is 0.308. The number of benzene rings is 3. The zero-order chi connectivity index (χ0) is 23.1. The molecular formula is C26H25NO5. The molecule has 0 aliphatic heterocycles. The molecule has 0 saturated heterocycles. The van der Waals surface area contributed by atoms with Crippen molar-refractivity contribution in [3.63, 3.8) is 0 Å². The lowest BCUT2D eigenvalue weighted by molar-refractivity contribution is -0.135. The van der Waals surface area contributed by atoms with Crippen LogP contribution in [0.1, 0.15) is 34.3 Å². The van der Waals surface area contributed by atoms with Gasteiger partial charge in [-0.1, -0.05) is 37.3 Å². The highest BCUT2D eigenvalue weighted by Gasteiger charge is 2.34. The highest BCUT2D eigenvalue weighted by Crippen LogP contribution is 2.26. The maximum absolute atomic E-state index is 13.3. The predicted molar refractivity (Wildman–Crippen MR) is 123 cm³/mol. The third kappa shape index (κ3) is 5.03. The van der Waals surface area contributed by atoms with Crippen LogP contribution in [0, 0.1) is 0 Å². The Bertz CT molecular complexity index is 1100. The summed E-state index contributed by atoms with van der Waals surface area (Å²) in [6.07, 6.45) is 0.692. The molecule has 0 unspecified atom stereocenters. The zero-order valence-electron chi connectivity index (χ0n) is 18.3. The summed E-state index contributed by atoms with van der Waals surface area (Å²) in [5.74, 6) is -2.26. The monoisotopic (exact) mass is 431 g/mol. The maximum atomic E-state index is 13.3. The number of aryl methyl sites for hydroxylation is 1. The van der Waals surface area contributed by atoms with Gasteiger partial charge in [0.1, 0.15) is 17.4 Å². The van der Waals surface area contributed by atoms with E-state index >= 15 is 0 Å². The molecule has 1 amide bonds. The number of amides is 1. The average molecular weight is 431 g/mol. The number of methoxy groups -OCH3 is 2. The number of ether oxygens (including phenoxy) is 2. The summed E-state index contributed by atoms with van der Waals surface area (Å²) in [6, 6.07) is 20.2. The number of rotatable bonds is 9. The van der Waals surface area contributed by atoms with E-state index in [2.05, 4.69) is 5.32 Å². The normalized spacial score (nSPS) is 11.3. The van der Waals surface area contributed by atoms with Gasteiger partial charge in [-0.05, 0) is 60.0 Å². The van der Waals surface area contributed by atoms with E-state index in [0.29, 0.717) is 34.7 Å². The first-order chi connectivity index (χ1) is 15.5. The lowest BCUT2D eigenvalue weighted by Crippen LogP contribution is -2.33. The molecule has 0 fully saturated rings. The maximum Gasteiger partial charge on any atom is 0.292 e. The molecule has 0 aliphatic carbocycles. The molecule has 0 bridgehead atoms. The number of ketones is 2. The number of anilines is 1. The van der Waals surface area contributed by atoms with E-state index in [1.54, 1.807) is 60.7 Å². The van der Waals surface area contributed by atoms with Crippen LogP contribution in [0.15, 0.2) is 72.8 Å². The SMILES string of the molecule is CCc1ccccc1NC(=O)C(=O)[C@@H](C(=O)c1ccc(OC)cc1)c1ccc(OC)cc1. The molecular weight excluding hydrogens is 406 g/mol. The Balaban J connectivity index is 1.95. The number of carbonyl (C=O) groups excluding carboxylic acids is 3. The van der Waals surface area contributed by atoms with Crippen molar-refractivity contribution in [1.29, 1.82) is 0 Å². The molecule has 3 aromatic carbocycles. The van der Waals surface area contributed by atoms with Crippen molar-refractivity contribution in [3.05, 3.63) is 89.5 Å². The number of hydrogen-bond acceptors (Lipinski definition) is 5. The van der Waals surface area contributed by atoms with Crippen molar-refractivity contribution in [2.75, 3.05) is 19.5 Å². The van der Waals surface area contributed by atoms with Crippen molar-refractivity contribution in [2.45, 2.75) is 19.3 Å². The number of para-hydroxylation sites is 1. The van der Waals surface area contributed by atoms with Crippen LogP contribution >= 0.6 is 0 Å². The van der Waals surface area contributed by atoms with E-state index in [9.17, 15) is 14.4 Å². The highest BCUT2D eigenvalue weighted by atomic mass is 16.5. The van der Waals surface area contributed by atoms with Crippen LogP contribution in [0.4, 0.5) is 5.69 Å². The molecule has 1 atom stereocenters. The predicted octanol–water partition coefficient (Wildman–Crippen LogP) is 4.44. The van der Waals surface area contributed by atoms with Gasteiger partial charge < -0.3 is 14.8 Å². The van der Waals surface area contributed by atoms with Gasteiger partial charge in [0.2, 0.25) is 5.78 Å².